The van der Waals surface area contributed by atoms with E-state index < -0.39 is 11.7 Å². The van der Waals surface area contributed by atoms with E-state index in [1.54, 1.807) is 0 Å². The second-order valence-corrected chi connectivity index (χ2v) is 7.76. The van der Waals surface area contributed by atoms with Gasteiger partial charge in [-0.3, -0.25) is 4.90 Å². The first-order chi connectivity index (χ1) is 14.2. The largest absolute Gasteiger partial charge is 0.416 e. The van der Waals surface area contributed by atoms with Gasteiger partial charge in [0.2, 0.25) is 5.28 Å². The summed E-state index contributed by atoms with van der Waals surface area (Å²) in [6.45, 7) is 2.79. The Kier molecular flexibility index (Phi) is 5.56. The minimum atomic E-state index is -4.47. The molecule has 11 heteroatoms. The Bertz CT molecular complexity index is 950. The quantitative estimate of drug-likeness (QED) is 0.489. The van der Waals surface area contributed by atoms with E-state index in [2.05, 4.69) is 20.2 Å². The van der Waals surface area contributed by atoms with E-state index in [9.17, 15) is 18.3 Å². The highest BCUT2D eigenvalue weighted by Gasteiger charge is 2.37. The molecule has 2 saturated heterocycles. The van der Waals surface area contributed by atoms with E-state index in [0.717, 1.165) is 31.3 Å². The molecule has 0 spiro atoms. The summed E-state index contributed by atoms with van der Waals surface area (Å²) in [5, 5.41) is 20.3. The Labute approximate surface area is 176 Å². The van der Waals surface area contributed by atoms with E-state index >= 15 is 0 Å². The van der Waals surface area contributed by atoms with E-state index in [-0.39, 0.29) is 28.9 Å². The van der Waals surface area contributed by atoms with Crippen LogP contribution in [-0.2, 0) is 6.18 Å². The number of aliphatic hydroxyl groups is 1. The van der Waals surface area contributed by atoms with E-state index in [1.165, 1.54) is 12.1 Å². The number of aromatic nitrogens is 2. The lowest BCUT2D eigenvalue weighted by Crippen LogP contribution is -2.59. The minimum Gasteiger partial charge on any atom is -0.392 e. The fourth-order valence-corrected chi connectivity index (χ4v) is 3.93. The van der Waals surface area contributed by atoms with Crippen molar-refractivity contribution in [2.24, 2.45) is 0 Å². The van der Waals surface area contributed by atoms with Crippen LogP contribution in [-0.4, -0.2) is 64.5 Å². The third-order valence-electron chi connectivity index (χ3n) is 5.37. The van der Waals surface area contributed by atoms with Crippen molar-refractivity contribution in [3.8, 4) is 0 Å². The lowest BCUT2D eigenvalue weighted by atomic mass is 10.1. The molecule has 4 rings (SSSR count). The van der Waals surface area contributed by atoms with Crippen LogP contribution in [0.1, 0.15) is 17.5 Å². The SMILES string of the molecule is N=Cc1c(Nc2cccc(C(F)(F)F)c2)nc(Cl)nc1N1CC(N2CCC(O)C2)C1. The molecular weight excluding hydrogens is 421 g/mol. The lowest BCUT2D eigenvalue weighted by molar-refractivity contribution is -0.137. The van der Waals surface area contributed by atoms with Crippen LogP contribution in [0, 0.1) is 5.41 Å². The number of nitrogens with one attached hydrogen (secondary N) is 2. The van der Waals surface area contributed by atoms with Crippen molar-refractivity contribution in [1.82, 2.24) is 14.9 Å². The fraction of sp³-hybridized carbons (Fsp3) is 0.421. The predicted molar refractivity (Wildman–Crippen MR) is 108 cm³/mol. The molecule has 0 aliphatic carbocycles. The number of rotatable bonds is 5. The van der Waals surface area contributed by atoms with E-state index in [1.807, 2.05) is 4.90 Å². The number of halogens is 4. The molecule has 2 aliphatic rings. The van der Waals surface area contributed by atoms with Gasteiger partial charge >= 0.3 is 6.18 Å². The summed E-state index contributed by atoms with van der Waals surface area (Å²) < 4.78 is 39.0. The van der Waals surface area contributed by atoms with Crippen LogP contribution in [0.2, 0.25) is 5.28 Å². The van der Waals surface area contributed by atoms with Gasteiger partial charge in [0.15, 0.2) is 0 Å². The van der Waals surface area contributed by atoms with Crippen LogP contribution >= 0.6 is 11.6 Å². The van der Waals surface area contributed by atoms with Crippen LogP contribution in [0.3, 0.4) is 0 Å². The fourth-order valence-electron chi connectivity index (χ4n) is 3.77. The Morgan fingerprint density at radius 1 is 1.23 bits per heavy atom. The molecule has 160 valence electrons. The highest BCUT2D eigenvalue weighted by Crippen LogP contribution is 2.34. The molecule has 1 unspecified atom stereocenters. The first kappa shape index (κ1) is 20.8. The molecule has 0 bridgehead atoms. The van der Waals surface area contributed by atoms with Gasteiger partial charge in [0, 0.05) is 44.1 Å². The van der Waals surface area contributed by atoms with Gasteiger partial charge in [-0.25, -0.2) is 0 Å². The smallest absolute Gasteiger partial charge is 0.392 e. The topological polar surface area (TPSA) is 88.4 Å². The van der Waals surface area contributed by atoms with Gasteiger partial charge in [-0.05, 0) is 36.2 Å². The average molecular weight is 441 g/mol. The third-order valence-corrected chi connectivity index (χ3v) is 5.54. The first-order valence-corrected chi connectivity index (χ1v) is 9.81. The van der Waals surface area contributed by atoms with E-state index in [4.69, 9.17) is 17.0 Å². The third kappa shape index (κ3) is 4.21. The van der Waals surface area contributed by atoms with Crippen LogP contribution in [0.4, 0.5) is 30.5 Å². The molecule has 2 aromatic rings. The Hall–Kier alpha value is -2.43. The van der Waals surface area contributed by atoms with Crippen LogP contribution in [0.15, 0.2) is 24.3 Å². The minimum absolute atomic E-state index is 0.0647. The number of alkyl halides is 3. The predicted octanol–water partition coefficient (Wildman–Crippen LogP) is 3.15. The Balaban J connectivity index is 1.56. The van der Waals surface area contributed by atoms with Crippen molar-refractivity contribution < 1.29 is 18.3 Å². The van der Waals surface area contributed by atoms with Crippen molar-refractivity contribution in [2.45, 2.75) is 24.7 Å². The van der Waals surface area contributed by atoms with E-state index in [0.29, 0.717) is 31.0 Å². The standard InChI is InChI=1S/C19H20ClF3N6O/c20-18-26-16(25-12-3-1-2-11(6-12)19(21,22)23)15(7-24)17(27-18)29-8-13(9-29)28-5-4-14(30)10-28/h1-3,6-7,13-14,24,30H,4-5,8-10H2,(H,25,26,27). The maximum Gasteiger partial charge on any atom is 0.416 e. The molecule has 1 atom stereocenters. The molecule has 2 fully saturated rings. The van der Waals surface area contributed by atoms with Gasteiger partial charge in [0.05, 0.1) is 17.2 Å². The average Bonchev–Trinajstić information content (AvgIpc) is 3.06. The highest BCUT2D eigenvalue weighted by molar-refractivity contribution is 6.28. The molecule has 7 nitrogen and oxygen atoms in total. The zero-order chi connectivity index (χ0) is 21.5. The van der Waals surface area contributed by atoms with Crippen molar-refractivity contribution in [1.29, 1.82) is 5.41 Å². The lowest BCUT2D eigenvalue weighted by Gasteiger charge is -2.45. The van der Waals surface area contributed by atoms with Crippen LogP contribution in [0.5, 0.6) is 0 Å². The molecule has 0 radical (unpaired) electrons. The molecule has 30 heavy (non-hydrogen) atoms. The van der Waals surface area contributed by atoms with Crippen LogP contribution < -0.4 is 10.2 Å². The monoisotopic (exact) mass is 440 g/mol. The maximum absolute atomic E-state index is 13.0. The molecule has 0 amide bonds. The van der Waals surface area contributed by atoms with Crippen molar-refractivity contribution >= 4 is 35.1 Å². The molecule has 3 N–H and O–H groups in total. The van der Waals surface area contributed by atoms with Crippen molar-refractivity contribution in [3.05, 3.63) is 40.7 Å². The maximum atomic E-state index is 13.0. The van der Waals surface area contributed by atoms with Gasteiger partial charge < -0.3 is 20.7 Å². The van der Waals surface area contributed by atoms with Crippen molar-refractivity contribution in [2.75, 3.05) is 36.4 Å². The zero-order valence-electron chi connectivity index (χ0n) is 15.8. The summed E-state index contributed by atoms with van der Waals surface area (Å²) in [5.41, 5.74) is -0.263. The van der Waals surface area contributed by atoms with Gasteiger partial charge in [0.25, 0.3) is 0 Å². The number of likely N-dealkylation sites (tertiary alicyclic amines) is 1. The van der Waals surface area contributed by atoms with Gasteiger partial charge in [-0.15, -0.1) is 0 Å². The number of anilines is 3. The molecule has 1 aromatic carbocycles. The summed E-state index contributed by atoms with van der Waals surface area (Å²) in [6, 6.07) is 5.01. The Morgan fingerprint density at radius 2 is 2.00 bits per heavy atom. The molecule has 1 aromatic heterocycles. The van der Waals surface area contributed by atoms with Crippen LogP contribution in [0.25, 0.3) is 0 Å². The molecule has 0 saturated carbocycles. The number of benzene rings is 1. The van der Waals surface area contributed by atoms with Crippen molar-refractivity contribution in [3.63, 3.8) is 0 Å². The number of nitrogens with zero attached hydrogens (tertiary/aromatic N) is 4. The second-order valence-electron chi connectivity index (χ2n) is 7.42. The molecule has 2 aliphatic heterocycles. The second kappa shape index (κ2) is 8.01. The zero-order valence-corrected chi connectivity index (χ0v) is 16.6. The number of hydrogen-bond donors (Lipinski definition) is 3. The molecule has 3 heterocycles. The summed E-state index contributed by atoms with van der Waals surface area (Å²) in [5.74, 6) is 0.620. The first-order valence-electron chi connectivity index (χ1n) is 9.44. The number of hydrogen-bond acceptors (Lipinski definition) is 7. The summed E-state index contributed by atoms with van der Waals surface area (Å²) in [7, 11) is 0. The summed E-state index contributed by atoms with van der Waals surface area (Å²) in [4.78, 5) is 12.5. The van der Waals surface area contributed by atoms with Gasteiger partial charge in [-0.2, -0.15) is 23.1 Å². The summed E-state index contributed by atoms with van der Waals surface area (Å²) >= 11 is 6.07. The highest BCUT2D eigenvalue weighted by atomic mass is 35.5. The van der Waals surface area contributed by atoms with Gasteiger partial charge in [0.1, 0.15) is 11.6 Å². The number of β-amino-alcohol motifs (C(OH)–C–C–N with tert-alkyl or cyclic N) is 1. The normalized spacial score (nSPS) is 20.3. The van der Waals surface area contributed by atoms with Gasteiger partial charge in [-0.1, -0.05) is 6.07 Å². The summed E-state index contributed by atoms with van der Waals surface area (Å²) in [6.07, 6.45) is -2.94. The Morgan fingerprint density at radius 3 is 2.63 bits per heavy atom. The molecular formula is C19H20ClF3N6O. The number of aliphatic hydroxyl groups excluding tert-OH is 1.